The number of piperidine rings is 1. The number of hydrogen-bond acceptors (Lipinski definition) is 4. The zero-order chi connectivity index (χ0) is 16.5. The molecule has 0 atom stereocenters. The Hall–Kier alpha value is -2.03. The molecule has 0 unspecified atom stereocenters. The van der Waals surface area contributed by atoms with Gasteiger partial charge < -0.3 is 14.8 Å². The van der Waals surface area contributed by atoms with Crippen molar-refractivity contribution in [3.63, 3.8) is 0 Å². The summed E-state index contributed by atoms with van der Waals surface area (Å²) in [6, 6.07) is 7.41. The van der Waals surface area contributed by atoms with Crippen LogP contribution in [0, 0.1) is 18.3 Å². The van der Waals surface area contributed by atoms with Crippen LogP contribution in [0.25, 0.3) is 0 Å². The number of likely N-dealkylation sites (tertiary alicyclic amines) is 1. The normalized spacial score (nSPS) is 15.8. The van der Waals surface area contributed by atoms with Gasteiger partial charge in [-0.1, -0.05) is 5.92 Å². The topological polar surface area (TPSA) is 50.8 Å². The first-order valence-electron chi connectivity index (χ1n) is 7.91. The predicted molar refractivity (Wildman–Crippen MR) is 90.4 cm³/mol. The zero-order valence-electron chi connectivity index (χ0n) is 13.6. The van der Waals surface area contributed by atoms with Crippen molar-refractivity contribution < 1.29 is 14.3 Å². The van der Waals surface area contributed by atoms with Crippen molar-refractivity contribution in [2.24, 2.45) is 5.92 Å². The van der Waals surface area contributed by atoms with Crippen LogP contribution in [-0.2, 0) is 9.53 Å². The fourth-order valence-electron chi connectivity index (χ4n) is 2.60. The summed E-state index contributed by atoms with van der Waals surface area (Å²) in [7, 11) is 1.64. The van der Waals surface area contributed by atoms with E-state index in [0.717, 1.165) is 37.4 Å². The average molecular weight is 316 g/mol. The lowest BCUT2D eigenvalue weighted by atomic mass is 9.96. The van der Waals surface area contributed by atoms with Crippen molar-refractivity contribution in [1.29, 1.82) is 0 Å². The van der Waals surface area contributed by atoms with Crippen molar-refractivity contribution in [3.05, 3.63) is 24.3 Å². The number of nitrogens with zero attached hydrogens (tertiary/aromatic N) is 1. The van der Waals surface area contributed by atoms with Gasteiger partial charge in [-0.3, -0.25) is 9.69 Å². The Morgan fingerprint density at radius 3 is 2.61 bits per heavy atom. The van der Waals surface area contributed by atoms with E-state index < -0.39 is 0 Å². The monoisotopic (exact) mass is 316 g/mol. The number of rotatable bonds is 7. The molecule has 1 aromatic carbocycles. The summed E-state index contributed by atoms with van der Waals surface area (Å²) in [6.45, 7) is 3.50. The Labute approximate surface area is 138 Å². The van der Waals surface area contributed by atoms with Crippen LogP contribution < -0.4 is 10.1 Å². The van der Waals surface area contributed by atoms with E-state index in [2.05, 4.69) is 16.1 Å². The maximum atomic E-state index is 12.3. The highest BCUT2D eigenvalue weighted by Crippen LogP contribution is 2.20. The molecule has 1 fully saturated rings. The van der Waals surface area contributed by atoms with Crippen LogP contribution >= 0.6 is 0 Å². The zero-order valence-corrected chi connectivity index (χ0v) is 13.6. The maximum Gasteiger partial charge on any atom is 0.227 e. The second-order valence-electron chi connectivity index (χ2n) is 5.61. The summed E-state index contributed by atoms with van der Waals surface area (Å²) >= 11 is 0. The first-order valence-corrected chi connectivity index (χ1v) is 7.91. The molecule has 0 spiro atoms. The van der Waals surface area contributed by atoms with Crippen LogP contribution in [0.1, 0.15) is 12.8 Å². The van der Waals surface area contributed by atoms with Gasteiger partial charge in [-0.25, -0.2) is 0 Å². The summed E-state index contributed by atoms with van der Waals surface area (Å²) in [5.41, 5.74) is 0.792. The molecule has 5 nitrogen and oxygen atoms in total. The minimum absolute atomic E-state index is 0.0571. The third kappa shape index (κ3) is 5.59. The first kappa shape index (κ1) is 17.3. The molecule has 0 bridgehead atoms. The number of hydrogen-bond donors (Lipinski definition) is 1. The Morgan fingerprint density at radius 2 is 2.00 bits per heavy atom. The highest BCUT2D eigenvalue weighted by molar-refractivity contribution is 5.92. The molecule has 1 N–H and O–H groups in total. The number of ether oxygens (including phenoxy) is 2. The van der Waals surface area contributed by atoms with E-state index >= 15 is 0 Å². The number of anilines is 1. The number of benzene rings is 1. The number of terminal acetylenes is 1. The quantitative estimate of drug-likeness (QED) is 0.617. The SMILES string of the molecule is C#CCN1CCC(C(=O)Nc2ccc(OCCOC)cc2)CC1. The molecule has 23 heavy (non-hydrogen) atoms. The van der Waals surface area contributed by atoms with E-state index in [1.807, 2.05) is 24.3 Å². The van der Waals surface area contributed by atoms with E-state index in [0.29, 0.717) is 19.8 Å². The predicted octanol–water partition coefficient (Wildman–Crippen LogP) is 2.00. The van der Waals surface area contributed by atoms with E-state index in [9.17, 15) is 4.79 Å². The van der Waals surface area contributed by atoms with Crippen LogP contribution in [0.15, 0.2) is 24.3 Å². The maximum absolute atomic E-state index is 12.3. The summed E-state index contributed by atoms with van der Waals surface area (Å²) in [5.74, 6) is 3.56. The van der Waals surface area contributed by atoms with Gasteiger partial charge in [-0.05, 0) is 50.2 Å². The lowest BCUT2D eigenvalue weighted by Crippen LogP contribution is -2.38. The highest BCUT2D eigenvalue weighted by atomic mass is 16.5. The second kappa shape index (κ2) is 9.19. The number of carbonyl (C=O) groups is 1. The van der Waals surface area contributed by atoms with Gasteiger partial charge >= 0.3 is 0 Å². The Morgan fingerprint density at radius 1 is 1.30 bits per heavy atom. The third-order valence-electron chi connectivity index (χ3n) is 3.95. The van der Waals surface area contributed by atoms with Crippen molar-refractivity contribution in [3.8, 4) is 18.1 Å². The molecule has 1 aliphatic rings. The summed E-state index contributed by atoms with van der Waals surface area (Å²) in [4.78, 5) is 14.5. The minimum Gasteiger partial charge on any atom is -0.491 e. The van der Waals surface area contributed by atoms with Gasteiger partial charge in [0, 0.05) is 18.7 Å². The molecule has 124 valence electrons. The van der Waals surface area contributed by atoms with Gasteiger partial charge in [0.15, 0.2) is 0 Å². The van der Waals surface area contributed by atoms with Gasteiger partial charge in [-0.15, -0.1) is 6.42 Å². The molecule has 5 heteroatoms. The Kier molecular flexibility index (Phi) is 6.92. The van der Waals surface area contributed by atoms with Crippen LogP contribution in [0.3, 0.4) is 0 Å². The van der Waals surface area contributed by atoms with E-state index in [-0.39, 0.29) is 11.8 Å². The number of nitrogens with one attached hydrogen (secondary N) is 1. The molecule has 1 aliphatic heterocycles. The number of amides is 1. The fraction of sp³-hybridized carbons (Fsp3) is 0.500. The molecule has 1 aromatic rings. The number of methoxy groups -OCH3 is 1. The van der Waals surface area contributed by atoms with Gasteiger partial charge in [-0.2, -0.15) is 0 Å². The van der Waals surface area contributed by atoms with Gasteiger partial charge in [0.1, 0.15) is 12.4 Å². The lowest BCUT2D eigenvalue weighted by molar-refractivity contribution is -0.121. The minimum atomic E-state index is 0.0571. The molecular formula is C18H24N2O3. The average Bonchev–Trinajstić information content (AvgIpc) is 2.57. The second-order valence-corrected chi connectivity index (χ2v) is 5.61. The Bertz CT molecular complexity index is 528. The summed E-state index contributed by atoms with van der Waals surface area (Å²) in [6.07, 6.45) is 7.02. The molecule has 1 saturated heterocycles. The summed E-state index contributed by atoms with van der Waals surface area (Å²) < 4.78 is 10.4. The summed E-state index contributed by atoms with van der Waals surface area (Å²) in [5, 5.41) is 2.97. The van der Waals surface area contributed by atoms with Crippen molar-refractivity contribution in [1.82, 2.24) is 4.90 Å². The van der Waals surface area contributed by atoms with E-state index in [4.69, 9.17) is 15.9 Å². The van der Waals surface area contributed by atoms with Crippen molar-refractivity contribution in [2.75, 3.05) is 45.3 Å². The first-order chi connectivity index (χ1) is 11.2. The van der Waals surface area contributed by atoms with Crippen LogP contribution in [-0.4, -0.2) is 50.8 Å². The van der Waals surface area contributed by atoms with Gasteiger partial charge in [0.25, 0.3) is 0 Å². The smallest absolute Gasteiger partial charge is 0.227 e. The molecule has 0 aliphatic carbocycles. The fourth-order valence-corrected chi connectivity index (χ4v) is 2.60. The number of carbonyl (C=O) groups excluding carboxylic acids is 1. The molecule has 1 amide bonds. The third-order valence-corrected chi connectivity index (χ3v) is 3.95. The van der Waals surface area contributed by atoms with E-state index in [1.54, 1.807) is 7.11 Å². The highest BCUT2D eigenvalue weighted by Gasteiger charge is 2.24. The molecule has 0 aromatic heterocycles. The molecule has 0 radical (unpaired) electrons. The van der Waals surface area contributed by atoms with Crippen molar-refractivity contribution >= 4 is 11.6 Å². The van der Waals surface area contributed by atoms with Gasteiger partial charge in [0.05, 0.1) is 13.2 Å². The molecule has 1 heterocycles. The van der Waals surface area contributed by atoms with E-state index in [1.165, 1.54) is 0 Å². The van der Waals surface area contributed by atoms with Gasteiger partial charge in [0.2, 0.25) is 5.91 Å². The Balaban J connectivity index is 1.78. The standard InChI is InChI=1S/C18H24N2O3/c1-3-10-20-11-8-15(9-12-20)18(21)19-16-4-6-17(7-5-16)23-14-13-22-2/h1,4-7,15H,8-14H2,2H3,(H,19,21). The van der Waals surface area contributed by atoms with Crippen molar-refractivity contribution in [2.45, 2.75) is 12.8 Å². The molecular weight excluding hydrogens is 292 g/mol. The lowest BCUT2D eigenvalue weighted by Gasteiger charge is -2.29. The largest absolute Gasteiger partial charge is 0.491 e. The molecule has 0 saturated carbocycles. The van der Waals surface area contributed by atoms with Crippen LogP contribution in [0.2, 0.25) is 0 Å². The van der Waals surface area contributed by atoms with Crippen LogP contribution in [0.5, 0.6) is 5.75 Å². The molecule has 2 rings (SSSR count). The van der Waals surface area contributed by atoms with Crippen LogP contribution in [0.4, 0.5) is 5.69 Å².